The van der Waals surface area contributed by atoms with Crippen LogP contribution in [0.5, 0.6) is 11.5 Å². The van der Waals surface area contributed by atoms with E-state index in [0.717, 1.165) is 16.0 Å². The van der Waals surface area contributed by atoms with Crippen LogP contribution in [0.3, 0.4) is 0 Å². The molecule has 32 heavy (non-hydrogen) atoms. The first-order chi connectivity index (χ1) is 16.0. The van der Waals surface area contributed by atoms with Gasteiger partial charge in [0.2, 0.25) is 0 Å². The molecule has 0 heterocycles. The molecule has 0 aromatic heterocycles. The SMILES string of the molecule is COc1ccc(-c2ccc(Br)cc2)cc1.COc1ccc(-c2ccc(I)cc2)cc1.[2H]CF. The van der Waals surface area contributed by atoms with Crippen molar-refractivity contribution in [2.45, 2.75) is 0 Å². The number of benzene rings is 4. The van der Waals surface area contributed by atoms with Crippen LogP contribution in [0.2, 0.25) is 0 Å². The fourth-order valence-corrected chi connectivity index (χ4v) is 3.48. The quantitative estimate of drug-likeness (QED) is 0.216. The molecule has 0 radical (unpaired) electrons. The largest absolute Gasteiger partial charge is 0.497 e. The second-order valence-electron chi connectivity index (χ2n) is 6.47. The smallest absolute Gasteiger partial charge is 0.118 e. The lowest BCUT2D eigenvalue weighted by molar-refractivity contribution is 0.415. The van der Waals surface area contributed by atoms with E-state index in [1.54, 1.807) is 14.2 Å². The van der Waals surface area contributed by atoms with Crippen molar-refractivity contribution in [3.8, 4) is 33.8 Å². The summed E-state index contributed by atoms with van der Waals surface area (Å²) in [5.41, 5.74) is 4.86. The van der Waals surface area contributed by atoms with E-state index in [4.69, 9.17) is 10.8 Å². The van der Waals surface area contributed by atoms with Crippen molar-refractivity contribution in [3.63, 3.8) is 0 Å². The summed E-state index contributed by atoms with van der Waals surface area (Å²) in [4.78, 5) is 0. The lowest BCUT2D eigenvalue weighted by atomic mass is 10.1. The van der Waals surface area contributed by atoms with Gasteiger partial charge in [-0.1, -0.05) is 64.5 Å². The molecule has 0 saturated carbocycles. The molecular weight excluding hydrogens is 582 g/mol. The van der Waals surface area contributed by atoms with Crippen molar-refractivity contribution in [3.05, 3.63) is 105 Å². The first kappa shape index (κ1) is 24.3. The maximum Gasteiger partial charge on any atom is 0.118 e. The Morgan fingerprint density at radius 2 is 0.906 bits per heavy atom. The zero-order valence-corrected chi connectivity index (χ0v) is 21.6. The minimum Gasteiger partial charge on any atom is -0.497 e. The predicted octanol–water partition coefficient (Wildman–Crippen LogP) is 8.68. The van der Waals surface area contributed by atoms with Crippen LogP contribution in [-0.2, 0) is 0 Å². The molecule has 0 aliphatic heterocycles. The van der Waals surface area contributed by atoms with Gasteiger partial charge in [0.1, 0.15) is 11.5 Å². The van der Waals surface area contributed by atoms with E-state index in [1.807, 2.05) is 36.4 Å². The Balaban J connectivity index is 0.000000209. The summed E-state index contributed by atoms with van der Waals surface area (Å²) in [5.74, 6) is 1.78. The highest BCUT2D eigenvalue weighted by atomic mass is 127. The Morgan fingerprint density at radius 1 is 0.625 bits per heavy atom. The first-order valence-corrected chi connectivity index (χ1v) is 11.5. The Kier molecular flexibility index (Phi) is 10.5. The normalized spacial score (nSPS) is 9.97. The minimum atomic E-state index is -1.00. The van der Waals surface area contributed by atoms with E-state index < -0.39 is 7.15 Å². The van der Waals surface area contributed by atoms with Crippen LogP contribution in [0.1, 0.15) is 1.37 Å². The molecule has 2 nitrogen and oxygen atoms in total. The molecule has 0 aliphatic carbocycles. The van der Waals surface area contributed by atoms with Gasteiger partial charge < -0.3 is 9.47 Å². The number of methoxy groups -OCH3 is 2. The van der Waals surface area contributed by atoms with Gasteiger partial charge in [0.25, 0.3) is 0 Å². The van der Waals surface area contributed by atoms with Gasteiger partial charge in [-0.25, -0.2) is 0 Å². The van der Waals surface area contributed by atoms with Crippen molar-refractivity contribution in [2.75, 3.05) is 21.4 Å². The average molecular weight is 608 g/mol. The minimum absolute atomic E-state index is 0.885. The van der Waals surface area contributed by atoms with Gasteiger partial charge >= 0.3 is 0 Å². The molecule has 4 aromatic carbocycles. The molecule has 0 spiro atoms. The summed E-state index contributed by atoms with van der Waals surface area (Å²) in [7, 11) is 2.36. The zero-order chi connectivity index (χ0) is 24.1. The summed E-state index contributed by atoms with van der Waals surface area (Å²) < 4.78 is 28.1. The summed E-state index contributed by atoms with van der Waals surface area (Å²) in [5, 5.41) is 0. The van der Waals surface area contributed by atoms with E-state index >= 15 is 0 Å². The molecule has 0 bridgehead atoms. The lowest BCUT2D eigenvalue weighted by Crippen LogP contribution is -1.82. The Morgan fingerprint density at radius 3 is 1.22 bits per heavy atom. The molecule has 0 amide bonds. The van der Waals surface area contributed by atoms with Gasteiger partial charge in [-0.15, -0.1) is 0 Å². The number of halogens is 3. The molecule has 4 rings (SSSR count). The van der Waals surface area contributed by atoms with Crippen LogP contribution >= 0.6 is 38.5 Å². The van der Waals surface area contributed by atoms with Crippen molar-refractivity contribution >= 4 is 38.5 Å². The molecule has 0 aliphatic rings. The lowest BCUT2D eigenvalue weighted by Gasteiger charge is -2.03. The van der Waals surface area contributed by atoms with Gasteiger partial charge in [-0.05, 0) is 93.4 Å². The highest BCUT2D eigenvalue weighted by Gasteiger charge is 1.98. The first-order valence-electron chi connectivity index (χ1n) is 10.4. The van der Waals surface area contributed by atoms with Crippen molar-refractivity contribution < 1.29 is 15.2 Å². The molecule has 5 heteroatoms. The topological polar surface area (TPSA) is 18.5 Å². The average Bonchev–Trinajstić information content (AvgIpc) is 2.86. The zero-order valence-electron chi connectivity index (χ0n) is 18.9. The van der Waals surface area contributed by atoms with E-state index in [-0.39, 0.29) is 0 Å². The monoisotopic (exact) mass is 607 g/mol. The van der Waals surface area contributed by atoms with Crippen LogP contribution < -0.4 is 9.47 Å². The Labute approximate surface area is 213 Å². The fraction of sp³-hybridized carbons (Fsp3) is 0.111. The van der Waals surface area contributed by atoms with Gasteiger partial charge in [0, 0.05) is 8.04 Å². The molecule has 0 atom stereocenters. The molecule has 0 unspecified atom stereocenters. The number of hydrogen-bond donors (Lipinski definition) is 0. The Bertz CT molecular complexity index is 982. The third-order valence-corrected chi connectivity index (χ3v) is 5.78. The van der Waals surface area contributed by atoms with Crippen LogP contribution in [0, 0.1) is 3.57 Å². The second-order valence-corrected chi connectivity index (χ2v) is 8.63. The summed E-state index contributed by atoms with van der Waals surface area (Å²) in [6.45, 7) is 0. The van der Waals surface area contributed by atoms with Gasteiger partial charge in [-0.2, -0.15) is 0 Å². The van der Waals surface area contributed by atoms with Crippen molar-refractivity contribution in [1.29, 1.82) is 0 Å². The van der Waals surface area contributed by atoms with Crippen LogP contribution in [0.25, 0.3) is 22.3 Å². The van der Waals surface area contributed by atoms with E-state index in [1.165, 1.54) is 25.8 Å². The van der Waals surface area contributed by atoms with Crippen molar-refractivity contribution in [1.82, 2.24) is 0 Å². The molecule has 4 aromatic rings. The van der Waals surface area contributed by atoms with E-state index in [9.17, 15) is 4.39 Å². The molecule has 166 valence electrons. The fourth-order valence-electron chi connectivity index (χ4n) is 2.85. The van der Waals surface area contributed by atoms with Gasteiger partial charge in [-0.3, -0.25) is 4.39 Å². The van der Waals surface area contributed by atoms with Crippen LogP contribution in [-0.4, -0.2) is 21.4 Å². The number of alkyl halides is 1. The van der Waals surface area contributed by atoms with E-state index in [0.29, 0.717) is 0 Å². The van der Waals surface area contributed by atoms with Gasteiger partial charge in [0.05, 0.1) is 22.7 Å². The third kappa shape index (κ3) is 7.95. The third-order valence-electron chi connectivity index (χ3n) is 4.54. The molecule has 0 saturated heterocycles. The summed E-state index contributed by atoms with van der Waals surface area (Å²) >= 11 is 5.73. The highest BCUT2D eigenvalue weighted by Crippen LogP contribution is 2.24. The van der Waals surface area contributed by atoms with Crippen LogP contribution in [0.4, 0.5) is 4.39 Å². The molecule has 0 fully saturated rings. The number of rotatable bonds is 4. The Hall–Kier alpha value is -2.38. The summed E-state index contributed by atoms with van der Waals surface area (Å²) in [6, 6.07) is 32.9. The van der Waals surface area contributed by atoms with Crippen LogP contribution in [0.15, 0.2) is 102 Å². The second kappa shape index (κ2) is 13.9. The maximum atomic E-state index is 9.96. The maximum absolute atomic E-state index is 9.96. The predicted molar refractivity (Wildman–Crippen MR) is 144 cm³/mol. The van der Waals surface area contributed by atoms with Crippen molar-refractivity contribution in [2.24, 2.45) is 0 Å². The number of ether oxygens (including phenoxy) is 2. The standard InChI is InChI=1S/C13H11BrO.C13H11IO.CH3F/c2*1-15-13-8-4-11(5-9-13)10-2-6-12(14)7-3-10;1-2/h2*2-9H,1H3;1H3/i;;1D. The highest BCUT2D eigenvalue weighted by molar-refractivity contribution is 14.1. The van der Waals surface area contributed by atoms with E-state index in [2.05, 4.69) is 99.2 Å². The molecule has 0 N–H and O–H groups in total. The molecular formula is C27H25BrFIO2. The van der Waals surface area contributed by atoms with Gasteiger partial charge in [0.15, 0.2) is 0 Å². The number of hydrogen-bond acceptors (Lipinski definition) is 2. The summed E-state index contributed by atoms with van der Waals surface area (Å²) in [6.07, 6.45) is 0.